The summed E-state index contributed by atoms with van der Waals surface area (Å²) in [4.78, 5) is 0. The Bertz CT molecular complexity index is 192. The molecule has 1 heteroatoms. The van der Waals surface area contributed by atoms with Crippen molar-refractivity contribution in [3.05, 3.63) is 0 Å². The van der Waals surface area contributed by atoms with Crippen LogP contribution in [0.2, 0.25) is 0 Å². The molecule has 0 saturated heterocycles. The Labute approximate surface area is 122 Å². The van der Waals surface area contributed by atoms with E-state index in [4.69, 9.17) is 0 Å². The van der Waals surface area contributed by atoms with E-state index in [1.807, 2.05) is 0 Å². The second kappa shape index (κ2) is 9.00. The van der Waals surface area contributed by atoms with Gasteiger partial charge in [0.15, 0.2) is 0 Å². The van der Waals surface area contributed by atoms with Gasteiger partial charge in [0.2, 0.25) is 0 Å². The molecule has 0 aromatic rings. The average molecular weight is 270 g/mol. The normalized spacial score (nSPS) is 13.3. The van der Waals surface area contributed by atoms with Gasteiger partial charge in [0.1, 0.15) is 0 Å². The van der Waals surface area contributed by atoms with Crippen LogP contribution in [-0.4, -0.2) is 11.6 Å². The summed E-state index contributed by atoms with van der Waals surface area (Å²) in [6.07, 6.45) is 6.64. The van der Waals surface area contributed by atoms with Gasteiger partial charge in [-0.25, -0.2) is 0 Å². The molecule has 1 N–H and O–H groups in total. The summed E-state index contributed by atoms with van der Waals surface area (Å²) in [5, 5.41) is 3.94. The Morgan fingerprint density at radius 2 is 1.11 bits per heavy atom. The summed E-state index contributed by atoms with van der Waals surface area (Å²) in [6, 6.07) is 0.582. The molecule has 0 amide bonds. The van der Waals surface area contributed by atoms with Gasteiger partial charge in [0.25, 0.3) is 0 Å². The molecule has 19 heavy (non-hydrogen) atoms. The summed E-state index contributed by atoms with van der Waals surface area (Å²) >= 11 is 0. The van der Waals surface area contributed by atoms with E-state index < -0.39 is 0 Å². The van der Waals surface area contributed by atoms with E-state index in [0.29, 0.717) is 11.6 Å². The maximum absolute atomic E-state index is 3.94. The number of hydrogen-bond donors (Lipinski definition) is 1. The molecule has 0 bridgehead atoms. The van der Waals surface area contributed by atoms with Gasteiger partial charge in [-0.15, -0.1) is 0 Å². The van der Waals surface area contributed by atoms with Gasteiger partial charge in [0.05, 0.1) is 0 Å². The van der Waals surface area contributed by atoms with E-state index in [-0.39, 0.29) is 0 Å². The summed E-state index contributed by atoms with van der Waals surface area (Å²) < 4.78 is 0. The van der Waals surface area contributed by atoms with Crippen molar-refractivity contribution in [2.75, 3.05) is 0 Å². The zero-order valence-corrected chi connectivity index (χ0v) is 14.8. The summed E-state index contributed by atoms with van der Waals surface area (Å²) in [5.41, 5.74) is 0.358. The molecule has 0 aliphatic carbocycles. The van der Waals surface area contributed by atoms with Gasteiger partial charge < -0.3 is 5.32 Å². The van der Waals surface area contributed by atoms with Crippen LogP contribution in [0, 0.1) is 17.8 Å². The number of rotatable bonds is 10. The van der Waals surface area contributed by atoms with Crippen LogP contribution in [0.5, 0.6) is 0 Å². The zero-order valence-electron chi connectivity index (χ0n) is 14.8. The van der Waals surface area contributed by atoms with Crippen molar-refractivity contribution in [3.8, 4) is 0 Å². The predicted molar refractivity (Wildman–Crippen MR) is 88.6 cm³/mol. The smallest absolute Gasteiger partial charge is 0.0186 e. The van der Waals surface area contributed by atoms with Crippen LogP contribution in [0.25, 0.3) is 0 Å². The first-order chi connectivity index (χ1) is 8.67. The first-order valence-corrected chi connectivity index (χ1v) is 8.44. The Kier molecular flexibility index (Phi) is 8.98. The summed E-state index contributed by atoms with van der Waals surface area (Å²) in [6.45, 7) is 18.7. The van der Waals surface area contributed by atoms with Crippen molar-refractivity contribution in [2.24, 2.45) is 17.8 Å². The van der Waals surface area contributed by atoms with Crippen LogP contribution >= 0.6 is 0 Å². The van der Waals surface area contributed by atoms with E-state index in [1.165, 1.54) is 32.1 Å². The molecule has 0 aliphatic heterocycles. The van der Waals surface area contributed by atoms with Gasteiger partial charge >= 0.3 is 0 Å². The van der Waals surface area contributed by atoms with E-state index in [1.54, 1.807) is 0 Å². The highest BCUT2D eigenvalue weighted by molar-refractivity contribution is 4.90. The van der Waals surface area contributed by atoms with Gasteiger partial charge in [-0.05, 0) is 49.9 Å². The van der Waals surface area contributed by atoms with Gasteiger partial charge in [0, 0.05) is 11.6 Å². The van der Waals surface area contributed by atoms with Crippen LogP contribution in [0.4, 0.5) is 0 Å². The Hall–Kier alpha value is -0.0400. The standard InChI is InChI=1S/C18H39N/c1-14(2)9-11-18(13-16(5)6,19-17(7)8)12-10-15(3)4/h14-17,19H,9-13H2,1-8H3. The molecule has 0 unspecified atom stereocenters. The molecule has 0 atom stereocenters. The average Bonchev–Trinajstić information content (AvgIpc) is 2.22. The third-order valence-electron chi connectivity index (χ3n) is 3.79. The fourth-order valence-corrected chi connectivity index (χ4v) is 3.06. The molecule has 0 saturated carbocycles. The van der Waals surface area contributed by atoms with Gasteiger partial charge in [-0.3, -0.25) is 0 Å². The number of nitrogens with one attached hydrogen (secondary N) is 1. The molecule has 0 heterocycles. The molecule has 0 aliphatic rings. The maximum Gasteiger partial charge on any atom is 0.0186 e. The monoisotopic (exact) mass is 269 g/mol. The second-order valence-electron chi connectivity index (χ2n) is 8.04. The summed E-state index contributed by atoms with van der Waals surface area (Å²) in [7, 11) is 0. The molecule has 0 spiro atoms. The largest absolute Gasteiger partial charge is 0.309 e. The quantitative estimate of drug-likeness (QED) is 0.541. The lowest BCUT2D eigenvalue weighted by Gasteiger charge is -2.40. The first-order valence-electron chi connectivity index (χ1n) is 8.44. The fraction of sp³-hybridized carbons (Fsp3) is 1.00. The molecular formula is C18H39N. The zero-order chi connectivity index (χ0) is 15.1. The second-order valence-corrected chi connectivity index (χ2v) is 8.04. The van der Waals surface area contributed by atoms with Crippen LogP contribution in [0.15, 0.2) is 0 Å². The molecule has 116 valence electrons. The van der Waals surface area contributed by atoms with Crippen molar-refractivity contribution in [2.45, 2.75) is 99.1 Å². The lowest BCUT2D eigenvalue weighted by atomic mass is 9.78. The lowest BCUT2D eigenvalue weighted by molar-refractivity contribution is 0.192. The molecule has 1 nitrogen and oxygen atoms in total. The summed E-state index contributed by atoms with van der Waals surface area (Å²) in [5.74, 6) is 2.38. The highest BCUT2D eigenvalue weighted by Gasteiger charge is 2.31. The van der Waals surface area contributed by atoms with Crippen LogP contribution in [0.3, 0.4) is 0 Å². The minimum absolute atomic E-state index is 0.358. The third kappa shape index (κ3) is 9.49. The topological polar surface area (TPSA) is 12.0 Å². The van der Waals surface area contributed by atoms with Gasteiger partial charge in [-0.2, -0.15) is 0 Å². The first kappa shape index (κ1) is 19.0. The maximum atomic E-state index is 3.94. The van der Waals surface area contributed by atoms with E-state index in [9.17, 15) is 0 Å². The highest BCUT2D eigenvalue weighted by atomic mass is 15.0. The minimum atomic E-state index is 0.358. The third-order valence-corrected chi connectivity index (χ3v) is 3.79. The van der Waals surface area contributed by atoms with E-state index in [2.05, 4.69) is 60.7 Å². The minimum Gasteiger partial charge on any atom is -0.309 e. The van der Waals surface area contributed by atoms with Crippen molar-refractivity contribution >= 4 is 0 Å². The Balaban J connectivity index is 4.83. The van der Waals surface area contributed by atoms with Crippen LogP contribution < -0.4 is 5.32 Å². The van der Waals surface area contributed by atoms with Crippen LogP contribution in [-0.2, 0) is 0 Å². The fourth-order valence-electron chi connectivity index (χ4n) is 3.06. The SMILES string of the molecule is CC(C)CCC(CCC(C)C)(CC(C)C)NC(C)C. The molecular weight excluding hydrogens is 230 g/mol. The van der Waals surface area contributed by atoms with Crippen LogP contribution in [0.1, 0.15) is 87.5 Å². The van der Waals surface area contributed by atoms with Crippen molar-refractivity contribution in [3.63, 3.8) is 0 Å². The predicted octanol–water partition coefficient (Wildman–Crippen LogP) is 5.64. The molecule has 0 aromatic heterocycles. The Morgan fingerprint density at radius 1 is 0.684 bits per heavy atom. The molecule has 0 radical (unpaired) electrons. The van der Waals surface area contributed by atoms with Crippen molar-refractivity contribution in [1.82, 2.24) is 5.32 Å². The Morgan fingerprint density at radius 3 is 1.37 bits per heavy atom. The van der Waals surface area contributed by atoms with E-state index in [0.717, 1.165) is 17.8 Å². The number of hydrogen-bond acceptors (Lipinski definition) is 1. The lowest BCUT2D eigenvalue weighted by Crippen LogP contribution is -2.50. The van der Waals surface area contributed by atoms with Gasteiger partial charge in [-0.1, -0.05) is 55.4 Å². The highest BCUT2D eigenvalue weighted by Crippen LogP contribution is 2.31. The molecule has 0 fully saturated rings. The van der Waals surface area contributed by atoms with Crippen molar-refractivity contribution in [1.29, 1.82) is 0 Å². The molecule has 0 aromatic carbocycles. The molecule has 0 rings (SSSR count). The van der Waals surface area contributed by atoms with Crippen molar-refractivity contribution < 1.29 is 0 Å². The van der Waals surface area contributed by atoms with E-state index >= 15 is 0 Å².